The van der Waals surface area contributed by atoms with Gasteiger partial charge in [0.05, 0.1) is 15.6 Å². The summed E-state index contributed by atoms with van der Waals surface area (Å²) in [5.74, 6) is -0.156. The highest BCUT2D eigenvalue weighted by Crippen LogP contribution is 2.28. The van der Waals surface area contributed by atoms with Crippen molar-refractivity contribution < 1.29 is 4.79 Å². The van der Waals surface area contributed by atoms with Crippen molar-refractivity contribution in [2.45, 2.75) is 20.3 Å². The fraction of sp³-hybridized carbons (Fsp3) is 0.214. The summed E-state index contributed by atoms with van der Waals surface area (Å²) in [5, 5.41) is 3.80. The van der Waals surface area contributed by atoms with Crippen molar-refractivity contribution in [1.29, 1.82) is 0 Å². The van der Waals surface area contributed by atoms with Gasteiger partial charge in [0.2, 0.25) is 0 Å². The zero-order valence-corrected chi connectivity index (χ0v) is 12.9. The number of carbonyl (C=O) groups excluding carboxylic acids is 1. The molecule has 1 aromatic heterocycles. The third-order valence-electron chi connectivity index (χ3n) is 2.74. The van der Waals surface area contributed by atoms with Crippen LogP contribution in [0.1, 0.15) is 27.0 Å². The molecule has 5 heteroatoms. The highest BCUT2D eigenvalue weighted by Gasteiger charge is 2.13. The Morgan fingerprint density at radius 1 is 1.32 bits per heavy atom. The summed E-state index contributed by atoms with van der Waals surface area (Å²) < 4.78 is 0. The number of amides is 1. The Bertz CT molecular complexity index is 622. The average Bonchev–Trinajstić information content (AvgIpc) is 2.75. The second-order valence-corrected chi connectivity index (χ2v) is 6.13. The number of benzene rings is 1. The summed E-state index contributed by atoms with van der Waals surface area (Å²) in [7, 11) is 0. The molecule has 2 nitrogen and oxygen atoms in total. The number of aryl methyl sites for hydroxylation is 2. The lowest BCUT2D eigenvalue weighted by molar-refractivity contribution is 0.103. The average molecular weight is 314 g/mol. The molecule has 2 rings (SSSR count). The summed E-state index contributed by atoms with van der Waals surface area (Å²) in [6.45, 7) is 4.09. The number of hydrogen-bond donors (Lipinski definition) is 1. The van der Waals surface area contributed by atoms with Crippen molar-refractivity contribution in [3.63, 3.8) is 0 Å². The summed E-state index contributed by atoms with van der Waals surface area (Å²) in [5.41, 5.74) is 1.68. The molecule has 19 heavy (non-hydrogen) atoms. The van der Waals surface area contributed by atoms with E-state index in [4.69, 9.17) is 23.2 Å². The lowest BCUT2D eigenvalue weighted by Gasteiger charge is -2.06. The van der Waals surface area contributed by atoms with Crippen molar-refractivity contribution in [3.05, 3.63) is 49.6 Å². The Morgan fingerprint density at radius 3 is 2.68 bits per heavy atom. The van der Waals surface area contributed by atoms with Crippen molar-refractivity contribution in [2.75, 3.05) is 5.32 Å². The number of rotatable bonds is 3. The number of anilines is 1. The van der Waals surface area contributed by atoms with Gasteiger partial charge in [-0.2, -0.15) is 0 Å². The molecule has 0 saturated carbocycles. The van der Waals surface area contributed by atoms with E-state index in [1.165, 1.54) is 16.2 Å². The van der Waals surface area contributed by atoms with E-state index in [9.17, 15) is 4.79 Å². The van der Waals surface area contributed by atoms with E-state index in [0.29, 0.717) is 20.6 Å². The maximum absolute atomic E-state index is 12.2. The first-order chi connectivity index (χ1) is 9.01. The standard InChI is InChI=1S/C14H13Cl2NOS/c1-3-12-8(2)6-13(19-12)14(18)17-11-7-9(15)4-5-10(11)16/h4-7H,3H2,1-2H3,(H,17,18). The predicted molar refractivity (Wildman–Crippen MR) is 82.8 cm³/mol. The van der Waals surface area contributed by atoms with Crippen LogP contribution in [0.25, 0.3) is 0 Å². The zero-order chi connectivity index (χ0) is 14.0. The highest BCUT2D eigenvalue weighted by atomic mass is 35.5. The molecule has 1 amide bonds. The van der Waals surface area contributed by atoms with E-state index in [-0.39, 0.29) is 5.91 Å². The Labute approximate surface area is 126 Å². The number of hydrogen-bond acceptors (Lipinski definition) is 2. The fourth-order valence-corrected chi connectivity index (χ4v) is 3.11. The van der Waals surface area contributed by atoms with E-state index < -0.39 is 0 Å². The molecular formula is C14H13Cl2NOS. The van der Waals surface area contributed by atoms with Gasteiger partial charge in [-0.1, -0.05) is 30.1 Å². The predicted octanol–water partition coefficient (Wildman–Crippen LogP) is 5.18. The minimum atomic E-state index is -0.156. The number of nitrogens with one attached hydrogen (secondary N) is 1. The van der Waals surface area contributed by atoms with Crippen LogP contribution in [0.3, 0.4) is 0 Å². The minimum Gasteiger partial charge on any atom is -0.320 e. The third-order valence-corrected chi connectivity index (χ3v) is 4.69. The van der Waals surface area contributed by atoms with Gasteiger partial charge in [-0.15, -0.1) is 11.3 Å². The van der Waals surface area contributed by atoms with Crippen LogP contribution in [0.4, 0.5) is 5.69 Å². The molecule has 0 aliphatic carbocycles. The monoisotopic (exact) mass is 313 g/mol. The molecule has 0 fully saturated rings. The van der Waals surface area contributed by atoms with Gasteiger partial charge in [0.15, 0.2) is 0 Å². The van der Waals surface area contributed by atoms with Crippen molar-refractivity contribution in [2.24, 2.45) is 0 Å². The summed E-state index contributed by atoms with van der Waals surface area (Å²) in [4.78, 5) is 14.1. The molecule has 1 heterocycles. The second-order valence-electron chi connectivity index (χ2n) is 4.15. The van der Waals surface area contributed by atoms with Gasteiger partial charge in [0.25, 0.3) is 5.91 Å². The lowest BCUT2D eigenvalue weighted by atomic mass is 10.2. The first-order valence-corrected chi connectivity index (χ1v) is 7.44. The van der Waals surface area contributed by atoms with Gasteiger partial charge in [0, 0.05) is 9.90 Å². The first-order valence-electron chi connectivity index (χ1n) is 5.87. The second kappa shape index (κ2) is 5.95. The molecule has 0 aliphatic rings. The van der Waals surface area contributed by atoms with Crippen LogP contribution < -0.4 is 5.32 Å². The van der Waals surface area contributed by atoms with Crippen molar-refractivity contribution >= 4 is 46.1 Å². The van der Waals surface area contributed by atoms with Gasteiger partial charge in [-0.05, 0) is 43.2 Å². The van der Waals surface area contributed by atoms with Crippen LogP contribution >= 0.6 is 34.5 Å². The molecule has 0 saturated heterocycles. The lowest BCUT2D eigenvalue weighted by Crippen LogP contribution is -2.10. The van der Waals surface area contributed by atoms with Crippen LogP contribution in [-0.2, 0) is 6.42 Å². The Balaban J connectivity index is 2.22. The maximum atomic E-state index is 12.2. The normalized spacial score (nSPS) is 10.5. The van der Waals surface area contributed by atoms with E-state index in [1.807, 2.05) is 13.0 Å². The summed E-state index contributed by atoms with van der Waals surface area (Å²) in [6.07, 6.45) is 0.932. The molecule has 0 bridgehead atoms. The maximum Gasteiger partial charge on any atom is 0.265 e. The Kier molecular flexibility index (Phi) is 4.50. The summed E-state index contributed by atoms with van der Waals surface area (Å²) >= 11 is 13.4. The Morgan fingerprint density at radius 2 is 2.05 bits per heavy atom. The molecule has 0 spiro atoms. The largest absolute Gasteiger partial charge is 0.320 e. The van der Waals surface area contributed by atoms with Crippen LogP contribution in [0.5, 0.6) is 0 Å². The van der Waals surface area contributed by atoms with Crippen LogP contribution in [0.15, 0.2) is 24.3 Å². The number of halogens is 2. The van der Waals surface area contributed by atoms with Gasteiger partial charge < -0.3 is 5.32 Å². The topological polar surface area (TPSA) is 29.1 Å². The van der Waals surface area contributed by atoms with E-state index in [0.717, 1.165) is 12.0 Å². The Hall–Kier alpha value is -1.03. The van der Waals surface area contributed by atoms with Crippen LogP contribution in [0.2, 0.25) is 10.0 Å². The van der Waals surface area contributed by atoms with Crippen LogP contribution in [-0.4, -0.2) is 5.91 Å². The molecule has 0 aliphatic heterocycles. The van der Waals surface area contributed by atoms with E-state index in [2.05, 4.69) is 12.2 Å². The van der Waals surface area contributed by atoms with Gasteiger partial charge >= 0.3 is 0 Å². The smallest absolute Gasteiger partial charge is 0.265 e. The molecular weight excluding hydrogens is 301 g/mol. The van der Waals surface area contributed by atoms with Crippen LogP contribution in [0, 0.1) is 6.92 Å². The van der Waals surface area contributed by atoms with Crippen molar-refractivity contribution in [3.8, 4) is 0 Å². The van der Waals surface area contributed by atoms with Gasteiger partial charge in [-0.25, -0.2) is 0 Å². The van der Waals surface area contributed by atoms with Crippen molar-refractivity contribution in [1.82, 2.24) is 0 Å². The fourth-order valence-electron chi connectivity index (χ4n) is 1.76. The first kappa shape index (κ1) is 14.4. The van der Waals surface area contributed by atoms with E-state index in [1.54, 1.807) is 18.2 Å². The zero-order valence-electron chi connectivity index (χ0n) is 10.6. The molecule has 1 N–H and O–H groups in total. The quantitative estimate of drug-likeness (QED) is 0.831. The van der Waals surface area contributed by atoms with Gasteiger partial charge in [0.1, 0.15) is 0 Å². The third kappa shape index (κ3) is 3.30. The van der Waals surface area contributed by atoms with E-state index >= 15 is 0 Å². The highest BCUT2D eigenvalue weighted by molar-refractivity contribution is 7.14. The van der Waals surface area contributed by atoms with Gasteiger partial charge in [-0.3, -0.25) is 4.79 Å². The molecule has 0 atom stereocenters. The molecule has 0 radical (unpaired) electrons. The summed E-state index contributed by atoms with van der Waals surface area (Å²) in [6, 6.07) is 6.89. The molecule has 1 aromatic carbocycles. The minimum absolute atomic E-state index is 0.156. The number of carbonyl (C=O) groups is 1. The molecule has 2 aromatic rings. The number of thiophene rings is 1. The SMILES string of the molecule is CCc1sc(C(=O)Nc2cc(Cl)ccc2Cl)cc1C. The molecule has 100 valence electrons. The molecule has 0 unspecified atom stereocenters.